The van der Waals surface area contributed by atoms with Crippen LogP contribution in [0.2, 0.25) is 0 Å². The van der Waals surface area contributed by atoms with Gasteiger partial charge in [0.2, 0.25) is 5.91 Å². The van der Waals surface area contributed by atoms with Gasteiger partial charge in [0.25, 0.3) is 5.91 Å². The molecule has 236 valence electrons. The van der Waals surface area contributed by atoms with E-state index in [0.29, 0.717) is 16.5 Å². The number of aryl methyl sites for hydroxylation is 1. The van der Waals surface area contributed by atoms with Crippen LogP contribution < -0.4 is 10.6 Å². The molecule has 0 saturated heterocycles. The number of nitrogens with one attached hydrogen (secondary N) is 2. The lowest BCUT2D eigenvalue weighted by molar-refractivity contribution is -0.113. The minimum absolute atomic E-state index is 0.0174. The fourth-order valence-corrected chi connectivity index (χ4v) is 6.22. The third-order valence-electron chi connectivity index (χ3n) is 6.68. The molecule has 2 aromatic carbocycles. The van der Waals surface area contributed by atoms with Crippen LogP contribution in [0.25, 0.3) is 5.69 Å². The van der Waals surface area contributed by atoms with Crippen molar-refractivity contribution in [1.82, 2.24) is 20.1 Å². The van der Waals surface area contributed by atoms with Crippen molar-refractivity contribution in [2.45, 2.75) is 46.3 Å². The number of carbonyl (C=O) groups excluding carboxylic acids is 4. The van der Waals surface area contributed by atoms with Gasteiger partial charge in [-0.05, 0) is 75.6 Å². The van der Waals surface area contributed by atoms with E-state index in [-0.39, 0.29) is 46.5 Å². The summed E-state index contributed by atoms with van der Waals surface area (Å²) >= 11 is 2.04. The molecule has 4 aromatic rings. The van der Waals surface area contributed by atoms with Crippen LogP contribution in [0.1, 0.15) is 66.7 Å². The van der Waals surface area contributed by atoms with Gasteiger partial charge in [-0.25, -0.2) is 14.0 Å². The molecule has 2 N–H and O–H groups in total. The number of anilines is 1. The van der Waals surface area contributed by atoms with Crippen LogP contribution in [-0.2, 0) is 20.8 Å². The van der Waals surface area contributed by atoms with Crippen molar-refractivity contribution in [3.8, 4) is 5.69 Å². The van der Waals surface area contributed by atoms with Gasteiger partial charge >= 0.3 is 11.9 Å². The topological polar surface area (TPSA) is 142 Å². The molecule has 0 fully saturated rings. The molecule has 0 aliphatic heterocycles. The van der Waals surface area contributed by atoms with E-state index in [1.807, 2.05) is 32.0 Å². The smallest absolute Gasteiger partial charge is 0.348 e. The van der Waals surface area contributed by atoms with Crippen molar-refractivity contribution >= 4 is 51.9 Å². The SMILES string of the molecule is CCOC(=O)c1sc(NC(=O)CSc2nnc(CNC(=O)c3cccc(F)c3)n2-c2cccc(C)c2C)c(C(=O)OCC)c1C. The van der Waals surface area contributed by atoms with Gasteiger partial charge in [-0.2, -0.15) is 0 Å². The molecule has 11 nitrogen and oxygen atoms in total. The molecule has 0 aliphatic carbocycles. The van der Waals surface area contributed by atoms with Crippen LogP contribution in [-0.4, -0.2) is 57.5 Å². The second-order valence-electron chi connectivity index (χ2n) is 9.68. The molecule has 4 rings (SSSR count). The highest BCUT2D eigenvalue weighted by Gasteiger charge is 2.28. The molecule has 0 saturated carbocycles. The Labute approximate surface area is 267 Å². The van der Waals surface area contributed by atoms with Crippen LogP contribution in [0.4, 0.5) is 9.39 Å². The summed E-state index contributed by atoms with van der Waals surface area (Å²) in [6.07, 6.45) is 0. The van der Waals surface area contributed by atoms with Gasteiger partial charge in [-0.3, -0.25) is 14.2 Å². The zero-order valence-electron chi connectivity index (χ0n) is 25.4. The highest BCUT2D eigenvalue weighted by molar-refractivity contribution is 7.99. The third-order valence-corrected chi connectivity index (χ3v) is 8.80. The van der Waals surface area contributed by atoms with E-state index in [0.717, 1.165) is 46.0 Å². The number of thiophene rings is 1. The summed E-state index contributed by atoms with van der Waals surface area (Å²) < 4.78 is 25.7. The Kier molecular flexibility index (Phi) is 11.1. The first-order valence-corrected chi connectivity index (χ1v) is 15.8. The van der Waals surface area contributed by atoms with Crippen LogP contribution in [0.15, 0.2) is 47.6 Å². The summed E-state index contributed by atoms with van der Waals surface area (Å²) in [5.74, 6) is -2.45. The Bertz CT molecular complexity index is 1750. The zero-order valence-corrected chi connectivity index (χ0v) is 27.0. The number of amides is 2. The Balaban J connectivity index is 1.58. The van der Waals surface area contributed by atoms with Gasteiger partial charge in [0.1, 0.15) is 15.7 Å². The molecule has 0 radical (unpaired) electrons. The number of aromatic nitrogens is 3. The van der Waals surface area contributed by atoms with Gasteiger partial charge in [0.05, 0.1) is 36.8 Å². The lowest BCUT2D eigenvalue weighted by Gasteiger charge is -2.15. The highest BCUT2D eigenvalue weighted by Crippen LogP contribution is 2.35. The Hall–Kier alpha value is -4.56. The number of benzene rings is 2. The van der Waals surface area contributed by atoms with Crippen molar-refractivity contribution in [1.29, 1.82) is 0 Å². The second kappa shape index (κ2) is 14.9. The monoisotopic (exact) mass is 653 g/mol. The molecule has 0 unspecified atom stereocenters. The minimum atomic E-state index is -0.663. The van der Waals surface area contributed by atoms with Crippen molar-refractivity contribution in [3.63, 3.8) is 0 Å². The average Bonchev–Trinajstić information content (AvgIpc) is 3.56. The van der Waals surface area contributed by atoms with E-state index in [2.05, 4.69) is 20.8 Å². The maximum absolute atomic E-state index is 13.6. The number of esters is 2. The van der Waals surface area contributed by atoms with Crippen LogP contribution >= 0.6 is 23.1 Å². The maximum Gasteiger partial charge on any atom is 0.348 e. The number of thioether (sulfide) groups is 1. The summed E-state index contributed by atoms with van der Waals surface area (Å²) in [7, 11) is 0. The lowest BCUT2D eigenvalue weighted by Crippen LogP contribution is -2.25. The fourth-order valence-electron chi connectivity index (χ4n) is 4.35. The quantitative estimate of drug-likeness (QED) is 0.152. The first-order chi connectivity index (χ1) is 21.5. The summed E-state index contributed by atoms with van der Waals surface area (Å²) in [6.45, 7) is 9.09. The third kappa shape index (κ3) is 7.75. The van der Waals surface area contributed by atoms with E-state index in [1.165, 1.54) is 18.2 Å². The summed E-state index contributed by atoms with van der Waals surface area (Å²) in [5, 5.41) is 14.6. The lowest BCUT2D eigenvalue weighted by atomic mass is 10.1. The van der Waals surface area contributed by atoms with Crippen molar-refractivity contribution < 1.29 is 33.0 Å². The molecule has 0 aliphatic rings. The van der Waals surface area contributed by atoms with Crippen LogP contribution in [0.3, 0.4) is 0 Å². The van der Waals surface area contributed by atoms with Crippen LogP contribution in [0.5, 0.6) is 0 Å². The molecular weight excluding hydrogens is 622 g/mol. The molecule has 0 spiro atoms. The van der Waals surface area contributed by atoms with Gasteiger partial charge in [-0.1, -0.05) is 30.0 Å². The minimum Gasteiger partial charge on any atom is -0.462 e. The Morgan fingerprint density at radius 3 is 2.38 bits per heavy atom. The van der Waals surface area contributed by atoms with E-state index in [4.69, 9.17) is 9.47 Å². The largest absolute Gasteiger partial charge is 0.462 e. The predicted octanol–water partition coefficient (Wildman–Crippen LogP) is 5.41. The molecule has 2 amide bonds. The maximum atomic E-state index is 13.6. The van der Waals surface area contributed by atoms with Crippen molar-refractivity contribution in [2.75, 3.05) is 24.3 Å². The van der Waals surface area contributed by atoms with E-state index in [9.17, 15) is 23.6 Å². The molecule has 45 heavy (non-hydrogen) atoms. The molecule has 2 aromatic heterocycles. The summed E-state index contributed by atoms with van der Waals surface area (Å²) in [5.41, 5.74) is 3.34. The Morgan fingerprint density at radius 1 is 0.956 bits per heavy atom. The number of ether oxygens (including phenoxy) is 2. The Morgan fingerprint density at radius 2 is 1.67 bits per heavy atom. The van der Waals surface area contributed by atoms with Gasteiger partial charge in [0.15, 0.2) is 11.0 Å². The fraction of sp³-hybridized carbons (Fsp3) is 0.290. The van der Waals surface area contributed by atoms with Crippen molar-refractivity contribution in [3.05, 3.63) is 86.8 Å². The average molecular weight is 654 g/mol. The van der Waals surface area contributed by atoms with Crippen molar-refractivity contribution in [2.24, 2.45) is 0 Å². The van der Waals surface area contributed by atoms with Gasteiger partial charge in [-0.15, -0.1) is 21.5 Å². The number of rotatable bonds is 12. The standard InChI is InChI=1S/C31H32FN5O6S2/c1-6-42-29(40)25-19(5)26(30(41)43-7-2)45-28(25)34-24(38)16-44-31-36-35-23(37(31)22-13-8-10-17(3)18(22)4)15-33-27(39)20-11-9-12-21(32)14-20/h8-14H,6-7,15-16H2,1-5H3,(H,33,39)(H,34,38). The number of hydrogen-bond acceptors (Lipinski definition) is 10. The predicted molar refractivity (Wildman–Crippen MR) is 169 cm³/mol. The van der Waals surface area contributed by atoms with Crippen LogP contribution in [0, 0.1) is 26.6 Å². The normalized spacial score (nSPS) is 10.8. The second-order valence-corrected chi connectivity index (χ2v) is 11.6. The summed E-state index contributed by atoms with van der Waals surface area (Å²) in [6, 6.07) is 11.1. The van der Waals surface area contributed by atoms with Gasteiger partial charge in [0, 0.05) is 5.56 Å². The first kappa shape index (κ1) is 33.3. The highest BCUT2D eigenvalue weighted by atomic mass is 32.2. The number of halogens is 1. The number of carbonyl (C=O) groups is 4. The number of hydrogen-bond donors (Lipinski definition) is 2. The molecule has 0 atom stereocenters. The first-order valence-electron chi connectivity index (χ1n) is 14.0. The van der Waals surface area contributed by atoms with E-state index < -0.39 is 29.6 Å². The molecule has 14 heteroatoms. The molecule has 0 bridgehead atoms. The van der Waals surface area contributed by atoms with E-state index in [1.54, 1.807) is 25.3 Å². The van der Waals surface area contributed by atoms with Gasteiger partial charge < -0.3 is 20.1 Å². The zero-order chi connectivity index (χ0) is 32.7. The van der Waals surface area contributed by atoms with E-state index >= 15 is 0 Å². The molecule has 2 heterocycles. The number of nitrogens with zero attached hydrogens (tertiary/aromatic N) is 3. The summed E-state index contributed by atoms with van der Waals surface area (Å²) in [4.78, 5) is 51.3. The molecular formula is C31H32FN5O6S2.